The van der Waals surface area contributed by atoms with Crippen LogP contribution >= 0.6 is 11.6 Å². The normalized spacial score (nSPS) is 14.2. The third-order valence-corrected chi connectivity index (χ3v) is 2.99. The van der Waals surface area contributed by atoms with Gasteiger partial charge >= 0.3 is 0 Å². The minimum atomic E-state index is -0.520. The van der Waals surface area contributed by atoms with Crippen LogP contribution in [0, 0.1) is 5.82 Å². The molecule has 0 aliphatic rings. The molecule has 0 radical (unpaired) electrons. The van der Waals surface area contributed by atoms with E-state index in [1.165, 1.54) is 12.1 Å². The minimum Gasteiger partial charge on any atom is -0.484 e. The summed E-state index contributed by atoms with van der Waals surface area (Å²) >= 11 is 5.63. The van der Waals surface area contributed by atoms with E-state index < -0.39 is 11.9 Å². The molecule has 1 aromatic heterocycles. The molecule has 6 heteroatoms. The minimum absolute atomic E-state index is 0.0612. The van der Waals surface area contributed by atoms with E-state index in [2.05, 4.69) is 5.10 Å². The maximum Gasteiger partial charge on any atom is 0.145 e. The maximum absolute atomic E-state index is 13.4. The van der Waals surface area contributed by atoms with E-state index in [1.54, 1.807) is 16.9 Å². The van der Waals surface area contributed by atoms with E-state index in [-0.39, 0.29) is 11.1 Å². The van der Waals surface area contributed by atoms with E-state index in [0.717, 1.165) is 5.56 Å². The van der Waals surface area contributed by atoms with Crippen molar-refractivity contribution in [2.75, 3.05) is 0 Å². The highest BCUT2D eigenvalue weighted by molar-refractivity contribution is 6.30. The molecule has 0 amide bonds. The first kappa shape index (κ1) is 13.8. The summed E-state index contributed by atoms with van der Waals surface area (Å²) in [5.74, 6) is -0.137. The van der Waals surface area contributed by atoms with E-state index >= 15 is 0 Å². The van der Waals surface area contributed by atoms with E-state index in [0.29, 0.717) is 5.75 Å². The fourth-order valence-corrected chi connectivity index (χ4v) is 1.88. The van der Waals surface area contributed by atoms with E-state index in [4.69, 9.17) is 22.1 Å². The van der Waals surface area contributed by atoms with Gasteiger partial charge in [-0.05, 0) is 19.1 Å². The van der Waals surface area contributed by atoms with Gasteiger partial charge in [0.05, 0.1) is 11.2 Å². The lowest BCUT2D eigenvalue weighted by Crippen LogP contribution is -2.28. The second-order valence-electron chi connectivity index (χ2n) is 4.42. The lowest BCUT2D eigenvalue weighted by molar-refractivity contribution is 0.179. The molecule has 0 spiro atoms. The third-order valence-electron chi connectivity index (χ3n) is 2.69. The Kier molecular flexibility index (Phi) is 4.07. The molecule has 0 fully saturated rings. The smallest absolute Gasteiger partial charge is 0.145 e. The zero-order valence-electron chi connectivity index (χ0n) is 10.7. The van der Waals surface area contributed by atoms with Gasteiger partial charge in [0, 0.05) is 30.9 Å². The summed E-state index contributed by atoms with van der Waals surface area (Å²) in [5.41, 5.74) is 6.75. The van der Waals surface area contributed by atoms with Crippen LogP contribution in [0.2, 0.25) is 5.02 Å². The van der Waals surface area contributed by atoms with Crippen molar-refractivity contribution in [1.82, 2.24) is 9.78 Å². The fourth-order valence-electron chi connectivity index (χ4n) is 1.76. The summed E-state index contributed by atoms with van der Waals surface area (Å²) in [7, 11) is 1.81. The van der Waals surface area contributed by atoms with Crippen LogP contribution in [0.1, 0.15) is 18.6 Å². The fraction of sp³-hybridized carbons (Fsp3) is 0.308. The quantitative estimate of drug-likeness (QED) is 0.938. The molecule has 2 N–H and O–H groups in total. The van der Waals surface area contributed by atoms with E-state index in [1.807, 2.05) is 20.2 Å². The Labute approximate surface area is 115 Å². The predicted octanol–water partition coefficient (Wildman–Crippen LogP) is 2.68. The number of ether oxygens (including phenoxy) is 1. The number of aryl methyl sites for hydroxylation is 1. The Morgan fingerprint density at radius 2 is 2.21 bits per heavy atom. The SMILES string of the molecule is CC(N)C(Oc1ccc(Cl)c(F)c1)c1cnn(C)c1. The van der Waals surface area contributed by atoms with Crippen molar-refractivity contribution in [3.05, 3.63) is 47.0 Å². The molecular formula is C13H15ClFN3O. The summed E-state index contributed by atoms with van der Waals surface area (Å²) < 4.78 is 20.8. The number of hydrogen-bond donors (Lipinski definition) is 1. The second-order valence-corrected chi connectivity index (χ2v) is 4.83. The molecule has 1 aromatic carbocycles. The Balaban J connectivity index is 2.23. The van der Waals surface area contributed by atoms with Crippen molar-refractivity contribution in [2.24, 2.45) is 12.8 Å². The summed E-state index contributed by atoms with van der Waals surface area (Å²) in [6.45, 7) is 1.82. The van der Waals surface area contributed by atoms with Crippen LogP contribution in [0.15, 0.2) is 30.6 Å². The van der Waals surface area contributed by atoms with Crippen LogP contribution in [0.3, 0.4) is 0 Å². The lowest BCUT2D eigenvalue weighted by atomic mass is 10.1. The van der Waals surface area contributed by atoms with Crippen molar-refractivity contribution < 1.29 is 9.13 Å². The Bertz CT molecular complexity index is 571. The first-order chi connectivity index (χ1) is 8.97. The van der Waals surface area contributed by atoms with Gasteiger partial charge in [0.25, 0.3) is 0 Å². The number of aromatic nitrogens is 2. The predicted molar refractivity (Wildman–Crippen MR) is 71.6 cm³/mol. The van der Waals surface area contributed by atoms with Gasteiger partial charge in [0.1, 0.15) is 17.7 Å². The van der Waals surface area contributed by atoms with Gasteiger partial charge in [-0.1, -0.05) is 11.6 Å². The molecule has 1 heterocycles. The molecule has 4 nitrogen and oxygen atoms in total. The average molecular weight is 284 g/mol. The molecule has 2 unspecified atom stereocenters. The number of hydrogen-bond acceptors (Lipinski definition) is 3. The monoisotopic (exact) mass is 283 g/mol. The zero-order chi connectivity index (χ0) is 14.0. The Morgan fingerprint density at radius 1 is 1.47 bits per heavy atom. The molecule has 0 aliphatic heterocycles. The summed E-state index contributed by atoms with van der Waals surface area (Å²) in [6, 6.07) is 4.04. The van der Waals surface area contributed by atoms with Crippen LogP contribution in [-0.2, 0) is 7.05 Å². The van der Waals surface area contributed by atoms with Crippen molar-refractivity contribution in [1.29, 1.82) is 0 Å². The molecule has 102 valence electrons. The summed E-state index contributed by atoms with van der Waals surface area (Å²) in [5, 5.41) is 4.14. The molecule has 0 saturated carbocycles. The van der Waals surface area contributed by atoms with Crippen LogP contribution in [0.25, 0.3) is 0 Å². The van der Waals surface area contributed by atoms with Crippen LogP contribution in [0.5, 0.6) is 5.75 Å². The van der Waals surface area contributed by atoms with Crippen molar-refractivity contribution in [3.63, 3.8) is 0 Å². The molecule has 0 saturated heterocycles. The van der Waals surface area contributed by atoms with Gasteiger partial charge in [0.2, 0.25) is 0 Å². The van der Waals surface area contributed by atoms with Gasteiger partial charge in [0.15, 0.2) is 0 Å². The largest absolute Gasteiger partial charge is 0.484 e. The zero-order valence-corrected chi connectivity index (χ0v) is 11.4. The molecule has 19 heavy (non-hydrogen) atoms. The van der Waals surface area contributed by atoms with Crippen LogP contribution < -0.4 is 10.5 Å². The molecule has 2 atom stereocenters. The Hall–Kier alpha value is -1.59. The first-order valence-electron chi connectivity index (χ1n) is 5.83. The molecule has 0 aliphatic carbocycles. The van der Waals surface area contributed by atoms with E-state index in [9.17, 15) is 4.39 Å². The third kappa shape index (κ3) is 3.24. The summed E-state index contributed by atoms with van der Waals surface area (Å²) in [6.07, 6.45) is 3.11. The Morgan fingerprint density at radius 3 is 2.74 bits per heavy atom. The number of benzene rings is 1. The second kappa shape index (κ2) is 5.59. The van der Waals surface area contributed by atoms with Gasteiger partial charge in [-0.2, -0.15) is 5.10 Å². The number of nitrogens with zero attached hydrogens (tertiary/aromatic N) is 2. The molecular weight excluding hydrogens is 269 g/mol. The number of halogens is 2. The molecule has 2 aromatic rings. The average Bonchev–Trinajstić information content (AvgIpc) is 2.76. The van der Waals surface area contributed by atoms with Crippen molar-refractivity contribution >= 4 is 11.6 Å². The highest BCUT2D eigenvalue weighted by atomic mass is 35.5. The van der Waals surface area contributed by atoms with Gasteiger partial charge in [-0.15, -0.1) is 0 Å². The topological polar surface area (TPSA) is 53.1 Å². The summed E-state index contributed by atoms with van der Waals surface area (Å²) in [4.78, 5) is 0. The van der Waals surface area contributed by atoms with Gasteiger partial charge in [-0.3, -0.25) is 4.68 Å². The van der Waals surface area contributed by atoms with Gasteiger partial charge in [-0.25, -0.2) is 4.39 Å². The lowest BCUT2D eigenvalue weighted by Gasteiger charge is -2.21. The van der Waals surface area contributed by atoms with Crippen molar-refractivity contribution in [2.45, 2.75) is 19.1 Å². The first-order valence-corrected chi connectivity index (χ1v) is 6.21. The molecule has 2 rings (SSSR count). The van der Waals surface area contributed by atoms with Crippen LogP contribution in [-0.4, -0.2) is 15.8 Å². The highest BCUT2D eigenvalue weighted by Gasteiger charge is 2.20. The van der Waals surface area contributed by atoms with Crippen molar-refractivity contribution in [3.8, 4) is 5.75 Å². The maximum atomic E-state index is 13.4. The number of rotatable bonds is 4. The van der Waals surface area contributed by atoms with Gasteiger partial charge < -0.3 is 10.5 Å². The standard InChI is InChI=1S/C13H15ClFN3O/c1-8(16)13(9-6-17-18(2)7-9)19-10-3-4-11(14)12(15)5-10/h3-8,13H,16H2,1-2H3. The number of nitrogens with two attached hydrogens (primary N) is 1. The van der Waals surface area contributed by atoms with Crippen LogP contribution in [0.4, 0.5) is 4.39 Å². The molecule has 0 bridgehead atoms. The highest BCUT2D eigenvalue weighted by Crippen LogP contribution is 2.26.